The molecule has 0 aliphatic rings. The molecule has 0 aromatic heterocycles. The Hall–Kier alpha value is -2.20. The molecule has 8 N–H and O–H groups in total. The Morgan fingerprint density at radius 1 is 0.763 bits per heavy atom. The monoisotopic (exact) mass is 534 g/mol. The molecule has 1 aromatic carbocycles. The van der Waals surface area contributed by atoms with E-state index in [4.69, 9.17) is 5.73 Å². The highest BCUT2D eigenvalue weighted by Gasteiger charge is 2.20. The van der Waals surface area contributed by atoms with Crippen molar-refractivity contribution in [2.45, 2.75) is 83.6 Å². The summed E-state index contributed by atoms with van der Waals surface area (Å²) in [4.78, 5) is 25.3. The Morgan fingerprint density at radius 2 is 1.34 bits per heavy atom. The molecule has 2 amide bonds. The predicted molar refractivity (Wildman–Crippen MR) is 156 cm³/mol. The van der Waals surface area contributed by atoms with Crippen LogP contribution in [-0.2, 0) is 16.0 Å². The third-order valence-electron chi connectivity index (χ3n) is 6.34. The minimum atomic E-state index is -0.626. The Morgan fingerprint density at radius 3 is 1.95 bits per heavy atom. The minimum Gasteiger partial charge on any atom is -0.508 e. The van der Waals surface area contributed by atoms with Crippen LogP contribution in [0.4, 0.5) is 0 Å². The van der Waals surface area contributed by atoms with Gasteiger partial charge in [0.25, 0.3) is 0 Å². The number of phenols is 1. The van der Waals surface area contributed by atoms with Crippen molar-refractivity contribution >= 4 is 11.8 Å². The van der Waals surface area contributed by atoms with Gasteiger partial charge in [0.15, 0.2) is 0 Å². The van der Waals surface area contributed by atoms with Gasteiger partial charge in [0.1, 0.15) is 11.8 Å². The molecule has 0 aliphatic carbocycles. The van der Waals surface area contributed by atoms with E-state index < -0.39 is 6.04 Å². The first-order valence-corrected chi connectivity index (χ1v) is 14.7. The number of hydrogen-bond donors (Lipinski definition) is 7. The van der Waals surface area contributed by atoms with Crippen LogP contribution in [0.1, 0.15) is 76.7 Å². The molecule has 0 unspecified atom stereocenters. The molecule has 9 nitrogen and oxygen atoms in total. The Balaban J connectivity index is 2.18. The van der Waals surface area contributed by atoms with Crippen molar-refractivity contribution < 1.29 is 14.7 Å². The first kappa shape index (κ1) is 33.8. The highest BCUT2D eigenvalue weighted by atomic mass is 16.3. The normalized spacial score (nSPS) is 11.8. The van der Waals surface area contributed by atoms with Crippen LogP contribution in [-0.4, -0.2) is 75.3 Å². The lowest BCUT2D eigenvalue weighted by atomic mass is 10.0. The molecule has 0 spiro atoms. The number of nitrogens with one attached hydrogen (secondary N) is 5. The lowest BCUT2D eigenvalue weighted by Crippen LogP contribution is -2.48. The van der Waals surface area contributed by atoms with E-state index in [0.29, 0.717) is 19.4 Å². The third-order valence-corrected chi connectivity index (χ3v) is 6.34. The zero-order chi connectivity index (χ0) is 27.7. The molecule has 0 saturated heterocycles. The summed E-state index contributed by atoms with van der Waals surface area (Å²) >= 11 is 0. The van der Waals surface area contributed by atoms with Crippen molar-refractivity contribution in [3.8, 4) is 5.75 Å². The van der Waals surface area contributed by atoms with Gasteiger partial charge >= 0.3 is 0 Å². The molecule has 9 heteroatoms. The number of amides is 2. The highest BCUT2D eigenvalue weighted by molar-refractivity contribution is 5.87. The predicted octanol–water partition coefficient (Wildman–Crippen LogP) is 2.18. The SMILES string of the molecule is CCCCCCC(=O)N[C@@H](Cc1ccc(O)cc1)C(=O)NCCCNCCCNCCCCNCCCN. The van der Waals surface area contributed by atoms with Crippen molar-refractivity contribution in [1.82, 2.24) is 26.6 Å². The number of nitrogens with two attached hydrogens (primary N) is 1. The van der Waals surface area contributed by atoms with Crippen molar-refractivity contribution in [3.63, 3.8) is 0 Å². The minimum absolute atomic E-state index is 0.0884. The van der Waals surface area contributed by atoms with Gasteiger partial charge in [-0.2, -0.15) is 0 Å². The van der Waals surface area contributed by atoms with Crippen molar-refractivity contribution in [1.29, 1.82) is 0 Å². The number of hydrogen-bond acceptors (Lipinski definition) is 7. The standard InChI is InChI=1S/C29H54N6O3/c1-2-3-4-5-11-28(37)35-27(24-25-12-14-26(36)15-13-25)29(38)34-23-10-22-33-21-9-20-32-18-7-6-17-31-19-8-16-30/h12-15,27,31-33,36H,2-11,16-24,30H2,1H3,(H,34,38)(H,35,37)/t27-/m0/s1. The fourth-order valence-corrected chi connectivity index (χ4v) is 4.04. The van der Waals surface area contributed by atoms with E-state index >= 15 is 0 Å². The number of rotatable bonds is 25. The molecule has 38 heavy (non-hydrogen) atoms. The second-order valence-corrected chi connectivity index (χ2v) is 9.90. The molecular weight excluding hydrogens is 480 g/mol. The van der Waals surface area contributed by atoms with Crippen molar-refractivity contribution in [2.24, 2.45) is 5.73 Å². The van der Waals surface area contributed by atoms with Gasteiger partial charge in [-0.05, 0) is 102 Å². The molecule has 0 fully saturated rings. The van der Waals surface area contributed by atoms with Crippen LogP contribution in [0.25, 0.3) is 0 Å². The van der Waals surface area contributed by atoms with E-state index in [9.17, 15) is 14.7 Å². The zero-order valence-electron chi connectivity index (χ0n) is 23.7. The van der Waals surface area contributed by atoms with Gasteiger partial charge < -0.3 is 37.4 Å². The van der Waals surface area contributed by atoms with Crippen LogP contribution in [0.3, 0.4) is 0 Å². The molecule has 0 aliphatic heterocycles. The van der Waals surface area contributed by atoms with E-state index in [-0.39, 0.29) is 17.6 Å². The fraction of sp³-hybridized carbons (Fsp3) is 0.724. The number of aromatic hydroxyl groups is 1. The van der Waals surface area contributed by atoms with Crippen LogP contribution in [0.5, 0.6) is 5.75 Å². The second-order valence-electron chi connectivity index (χ2n) is 9.90. The first-order chi connectivity index (χ1) is 18.6. The Bertz CT molecular complexity index is 717. The Kier molecular flexibility index (Phi) is 21.3. The fourth-order valence-electron chi connectivity index (χ4n) is 4.04. The molecule has 1 atom stereocenters. The topological polar surface area (TPSA) is 141 Å². The molecule has 0 bridgehead atoms. The number of carbonyl (C=O) groups is 2. The summed E-state index contributed by atoms with van der Waals surface area (Å²) < 4.78 is 0. The second kappa shape index (κ2) is 23.9. The summed E-state index contributed by atoms with van der Waals surface area (Å²) in [5.41, 5.74) is 6.37. The maximum atomic E-state index is 12.9. The number of benzene rings is 1. The van der Waals surface area contributed by atoms with Gasteiger partial charge in [0, 0.05) is 19.4 Å². The smallest absolute Gasteiger partial charge is 0.242 e. The van der Waals surface area contributed by atoms with Crippen LogP contribution < -0.4 is 32.3 Å². The average molecular weight is 535 g/mol. The lowest BCUT2D eigenvalue weighted by molar-refractivity contribution is -0.129. The van der Waals surface area contributed by atoms with Crippen LogP contribution in [0, 0.1) is 0 Å². The quantitative estimate of drug-likeness (QED) is 0.0954. The lowest BCUT2D eigenvalue weighted by Gasteiger charge is -2.19. The molecule has 0 heterocycles. The molecular formula is C29H54N6O3. The number of carbonyl (C=O) groups excluding carboxylic acids is 2. The van der Waals surface area contributed by atoms with E-state index in [0.717, 1.165) is 96.3 Å². The highest BCUT2D eigenvalue weighted by Crippen LogP contribution is 2.12. The van der Waals surface area contributed by atoms with Crippen LogP contribution >= 0.6 is 0 Å². The van der Waals surface area contributed by atoms with Gasteiger partial charge in [-0.25, -0.2) is 0 Å². The van der Waals surface area contributed by atoms with Crippen molar-refractivity contribution in [2.75, 3.05) is 52.4 Å². The summed E-state index contributed by atoms with van der Waals surface area (Å²) in [6.45, 7) is 9.34. The molecule has 1 aromatic rings. The van der Waals surface area contributed by atoms with E-state index in [1.165, 1.54) is 12.8 Å². The summed E-state index contributed by atoms with van der Waals surface area (Å²) in [7, 11) is 0. The molecule has 0 radical (unpaired) electrons. The average Bonchev–Trinajstić information content (AvgIpc) is 2.91. The van der Waals surface area contributed by atoms with Gasteiger partial charge in [-0.15, -0.1) is 0 Å². The zero-order valence-corrected chi connectivity index (χ0v) is 23.7. The molecule has 0 saturated carbocycles. The van der Waals surface area contributed by atoms with Crippen molar-refractivity contribution in [3.05, 3.63) is 29.8 Å². The number of phenolic OH excluding ortho intramolecular Hbond substituents is 1. The van der Waals surface area contributed by atoms with E-state index in [1.54, 1.807) is 24.3 Å². The summed E-state index contributed by atoms with van der Waals surface area (Å²) in [5, 5.41) is 25.7. The van der Waals surface area contributed by atoms with Gasteiger partial charge in [-0.1, -0.05) is 38.3 Å². The van der Waals surface area contributed by atoms with E-state index in [1.807, 2.05) is 0 Å². The summed E-state index contributed by atoms with van der Waals surface area (Å²) in [6.07, 6.45) is 10.2. The van der Waals surface area contributed by atoms with Gasteiger partial charge in [0.05, 0.1) is 0 Å². The summed E-state index contributed by atoms with van der Waals surface area (Å²) in [6, 6.07) is 6.13. The molecule has 218 valence electrons. The first-order valence-electron chi connectivity index (χ1n) is 14.7. The maximum absolute atomic E-state index is 12.9. The number of unbranched alkanes of at least 4 members (excludes halogenated alkanes) is 4. The van der Waals surface area contributed by atoms with Crippen LogP contribution in [0.2, 0.25) is 0 Å². The summed E-state index contributed by atoms with van der Waals surface area (Å²) in [5.74, 6) is -0.0755. The van der Waals surface area contributed by atoms with E-state index in [2.05, 4.69) is 33.5 Å². The molecule has 1 rings (SSSR count). The van der Waals surface area contributed by atoms with Gasteiger partial charge in [0.2, 0.25) is 11.8 Å². The van der Waals surface area contributed by atoms with Gasteiger partial charge in [-0.3, -0.25) is 9.59 Å². The maximum Gasteiger partial charge on any atom is 0.242 e. The van der Waals surface area contributed by atoms with Crippen LogP contribution in [0.15, 0.2) is 24.3 Å². The Labute approximate surface area is 230 Å². The largest absolute Gasteiger partial charge is 0.508 e. The third kappa shape index (κ3) is 19.0.